The van der Waals surface area contributed by atoms with Crippen LogP contribution in [0.5, 0.6) is 0 Å². The van der Waals surface area contributed by atoms with Crippen LogP contribution in [0.2, 0.25) is 0 Å². The van der Waals surface area contributed by atoms with Gasteiger partial charge >= 0.3 is 0 Å². The second-order valence-electron chi connectivity index (χ2n) is 3.33. The first-order valence-corrected chi connectivity index (χ1v) is 5.30. The van der Waals surface area contributed by atoms with Gasteiger partial charge < -0.3 is 4.98 Å². The number of nitrogens with one attached hydrogen (secondary N) is 1. The number of hydrogen-bond acceptors (Lipinski definition) is 0. The van der Waals surface area contributed by atoms with E-state index in [0.717, 1.165) is 4.47 Å². The predicted octanol–water partition coefficient (Wildman–Crippen LogP) is 4.66. The van der Waals surface area contributed by atoms with E-state index in [1.165, 1.54) is 21.8 Å². The molecule has 0 bridgehead atoms. The molecular formula is C12H9Br2N. The third-order valence-electron chi connectivity index (χ3n) is 2.49. The van der Waals surface area contributed by atoms with E-state index in [-0.39, 0.29) is 17.0 Å². The van der Waals surface area contributed by atoms with Crippen LogP contribution in [0.3, 0.4) is 0 Å². The minimum Gasteiger partial charge on any atom is -0.354 e. The van der Waals surface area contributed by atoms with E-state index in [2.05, 4.69) is 57.3 Å². The Labute approximate surface area is 106 Å². The lowest BCUT2D eigenvalue weighted by atomic mass is 10.2. The van der Waals surface area contributed by atoms with Crippen molar-refractivity contribution in [3.63, 3.8) is 0 Å². The van der Waals surface area contributed by atoms with Crippen molar-refractivity contribution in [1.82, 2.24) is 4.98 Å². The molecule has 3 rings (SSSR count). The van der Waals surface area contributed by atoms with Gasteiger partial charge in [0, 0.05) is 20.8 Å². The maximum atomic E-state index is 3.54. The molecule has 1 aromatic heterocycles. The molecule has 1 nitrogen and oxygen atoms in total. The average Bonchev–Trinajstić information content (AvgIpc) is 2.59. The van der Waals surface area contributed by atoms with Gasteiger partial charge in [0.05, 0.1) is 5.52 Å². The minimum absolute atomic E-state index is 0. The highest BCUT2D eigenvalue weighted by atomic mass is 79.9. The van der Waals surface area contributed by atoms with Crippen LogP contribution in [0.1, 0.15) is 0 Å². The third kappa shape index (κ3) is 1.60. The second-order valence-corrected chi connectivity index (χ2v) is 4.19. The number of rotatable bonds is 0. The fraction of sp³-hybridized carbons (Fsp3) is 0. The zero-order valence-corrected chi connectivity index (χ0v) is 11.1. The van der Waals surface area contributed by atoms with Crippen LogP contribution in [-0.4, -0.2) is 4.98 Å². The number of benzene rings is 2. The molecule has 0 saturated heterocycles. The number of halogens is 2. The van der Waals surface area contributed by atoms with E-state index >= 15 is 0 Å². The Morgan fingerprint density at radius 2 is 1.60 bits per heavy atom. The SMILES string of the molecule is Br.Brc1cccc2c1[nH]c1ccccc12. The Kier molecular flexibility index (Phi) is 2.85. The molecular weight excluding hydrogens is 318 g/mol. The highest BCUT2D eigenvalue weighted by molar-refractivity contribution is 9.10. The highest BCUT2D eigenvalue weighted by Gasteiger charge is 2.04. The zero-order valence-electron chi connectivity index (χ0n) is 7.83. The van der Waals surface area contributed by atoms with Crippen LogP contribution in [0.4, 0.5) is 0 Å². The van der Waals surface area contributed by atoms with Crippen LogP contribution < -0.4 is 0 Å². The van der Waals surface area contributed by atoms with Gasteiger partial charge in [0.25, 0.3) is 0 Å². The van der Waals surface area contributed by atoms with Gasteiger partial charge in [0.15, 0.2) is 0 Å². The first kappa shape index (κ1) is 10.7. The number of fused-ring (bicyclic) bond motifs is 3. The Hall–Kier alpha value is -0.800. The van der Waals surface area contributed by atoms with Gasteiger partial charge in [0.2, 0.25) is 0 Å². The van der Waals surface area contributed by atoms with E-state index < -0.39 is 0 Å². The van der Waals surface area contributed by atoms with Gasteiger partial charge in [-0.25, -0.2) is 0 Å². The van der Waals surface area contributed by atoms with Gasteiger partial charge in [-0.3, -0.25) is 0 Å². The van der Waals surface area contributed by atoms with Crippen LogP contribution >= 0.6 is 32.9 Å². The van der Waals surface area contributed by atoms with Crippen LogP contribution in [0.25, 0.3) is 21.8 Å². The third-order valence-corrected chi connectivity index (χ3v) is 3.15. The molecule has 2 aromatic carbocycles. The lowest BCUT2D eigenvalue weighted by Crippen LogP contribution is -1.68. The van der Waals surface area contributed by atoms with Gasteiger partial charge in [-0.2, -0.15) is 0 Å². The summed E-state index contributed by atoms with van der Waals surface area (Å²) in [6, 6.07) is 14.6. The van der Waals surface area contributed by atoms with Crippen molar-refractivity contribution in [2.75, 3.05) is 0 Å². The minimum atomic E-state index is 0. The summed E-state index contributed by atoms with van der Waals surface area (Å²) >= 11 is 3.54. The lowest BCUT2D eigenvalue weighted by molar-refractivity contribution is 1.53. The van der Waals surface area contributed by atoms with Crippen molar-refractivity contribution >= 4 is 54.7 Å². The van der Waals surface area contributed by atoms with Gasteiger partial charge in [-0.05, 0) is 28.1 Å². The Balaban J connectivity index is 0.000000853. The normalized spacial score (nSPS) is 10.5. The Morgan fingerprint density at radius 3 is 2.47 bits per heavy atom. The predicted molar refractivity (Wildman–Crippen MR) is 73.8 cm³/mol. The molecule has 0 atom stereocenters. The summed E-state index contributed by atoms with van der Waals surface area (Å²) in [6.07, 6.45) is 0. The molecule has 3 aromatic rings. The topological polar surface area (TPSA) is 15.8 Å². The maximum Gasteiger partial charge on any atom is 0.0609 e. The number of hydrogen-bond donors (Lipinski definition) is 1. The fourth-order valence-electron chi connectivity index (χ4n) is 1.84. The molecule has 0 aliphatic carbocycles. The van der Waals surface area contributed by atoms with Crippen molar-refractivity contribution in [3.8, 4) is 0 Å². The summed E-state index contributed by atoms with van der Waals surface area (Å²) in [4.78, 5) is 3.40. The Bertz CT molecular complexity index is 613. The molecule has 0 aliphatic rings. The van der Waals surface area contributed by atoms with E-state index in [9.17, 15) is 0 Å². The van der Waals surface area contributed by atoms with Gasteiger partial charge in [-0.1, -0.05) is 30.3 Å². The van der Waals surface area contributed by atoms with E-state index in [1.54, 1.807) is 0 Å². The summed E-state index contributed by atoms with van der Waals surface area (Å²) in [5, 5.41) is 2.55. The number of aromatic amines is 1. The quantitative estimate of drug-likeness (QED) is 0.618. The first-order valence-electron chi connectivity index (χ1n) is 4.51. The molecule has 1 N–H and O–H groups in total. The standard InChI is InChI=1S/C12H8BrN.BrH/c13-10-6-3-5-9-8-4-1-2-7-11(8)14-12(9)10;/h1-7,14H;1H. The van der Waals surface area contributed by atoms with Crippen LogP contribution in [-0.2, 0) is 0 Å². The molecule has 1 heterocycles. The highest BCUT2D eigenvalue weighted by Crippen LogP contribution is 2.29. The molecule has 0 amide bonds. The largest absolute Gasteiger partial charge is 0.354 e. The van der Waals surface area contributed by atoms with Crippen molar-refractivity contribution in [3.05, 3.63) is 46.9 Å². The number of H-pyrrole nitrogens is 1. The molecule has 0 fully saturated rings. The van der Waals surface area contributed by atoms with Crippen molar-refractivity contribution in [2.24, 2.45) is 0 Å². The van der Waals surface area contributed by atoms with Gasteiger partial charge in [0.1, 0.15) is 0 Å². The van der Waals surface area contributed by atoms with E-state index in [1.807, 2.05) is 6.07 Å². The van der Waals surface area contributed by atoms with Crippen molar-refractivity contribution < 1.29 is 0 Å². The molecule has 0 radical (unpaired) electrons. The van der Waals surface area contributed by atoms with Gasteiger partial charge in [-0.15, -0.1) is 17.0 Å². The smallest absolute Gasteiger partial charge is 0.0609 e. The summed E-state index contributed by atoms with van der Waals surface area (Å²) in [5.41, 5.74) is 2.36. The van der Waals surface area contributed by atoms with Crippen molar-refractivity contribution in [1.29, 1.82) is 0 Å². The molecule has 3 heteroatoms. The molecule has 0 aliphatic heterocycles. The summed E-state index contributed by atoms with van der Waals surface area (Å²) in [7, 11) is 0. The molecule has 0 unspecified atom stereocenters. The van der Waals surface area contributed by atoms with E-state index in [0.29, 0.717) is 0 Å². The summed E-state index contributed by atoms with van der Waals surface area (Å²) < 4.78 is 1.12. The lowest BCUT2D eigenvalue weighted by Gasteiger charge is -1.92. The first-order chi connectivity index (χ1) is 6.86. The summed E-state index contributed by atoms with van der Waals surface area (Å²) in [5.74, 6) is 0. The molecule has 76 valence electrons. The number of para-hydroxylation sites is 2. The fourth-order valence-corrected chi connectivity index (χ4v) is 2.30. The molecule has 15 heavy (non-hydrogen) atoms. The maximum absolute atomic E-state index is 3.54. The van der Waals surface area contributed by atoms with E-state index in [4.69, 9.17) is 0 Å². The average molecular weight is 327 g/mol. The molecule has 0 spiro atoms. The summed E-state index contributed by atoms with van der Waals surface area (Å²) in [6.45, 7) is 0. The second kappa shape index (κ2) is 3.99. The Morgan fingerprint density at radius 1 is 0.867 bits per heavy atom. The van der Waals surface area contributed by atoms with Crippen LogP contribution in [0, 0.1) is 0 Å². The zero-order chi connectivity index (χ0) is 9.54. The van der Waals surface area contributed by atoms with Crippen molar-refractivity contribution in [2.45, 2.75) is 0 Å². The molecule has 0 saturated carbocycles. The monoisotopic (exact) mass is 325 g/mol. The number of aromatic nitrogens is 1. The van der Waals surface area contributed by atoms with Crippen LogP contribution in [0.15, 0.2) is 46.9 Å².